The highest BCUT2D eigenvalue weighted by atomic mass is 14.2. The topological polar surface area (TPSA) is 0 Å². The van der Waals surface area contributed by atoms with E-state index >= 15 is 0 Å². The molecule has 0 aliphatic carbocycles. The molecule has 0 heteroatoms. The normalized spacial score (nSPS) is 11.8. The molecule has 0 saturated carbocycles. The third-order valence-electron chi connectivity index (χ3n) is 7.21. The lowest BCUT2D eigenvalue weighted by Gasteiger charge is -2.20. The van der Waals surface area contributed by atoms with E-state index in [1.807, 2.05) is 0 Å². The third-order valence-corrected chi connectivity index (χ3v) is 7.21. The van der Waals surface area contributed by atoms with Crippen LogP contribution in [0.2, 0.25) is 0 Å². The molecule has 0 aliphatic heterocycles. The molecule has 0 aromatic heterocycles. The fourth-order valence-corrected chi connectivity index (χ4v) is 5.20. The first-order chi connectivity index (χ1) is 17.5. The maximum Gasteiger partial charge on any atom is -0.00268 e. The Morgan fingerprint density at radius 2 is 0.833 bits per heavy atom. The van der Waals surface area contributed by atoms with Crippen LogP contribution in [0.5, 0.6) is 0 Å². The molecular formula is C36H30. The molecule has 6 rings (SSSR count). The quantitative estimate of drug-likeness (QED) is 0.229. The smallest absolute Gasteiger partial charge is 0.00268 e. The van der Waals surface area contributed by atoms with Crippen molar-refractivity contribution >= 4 is 21.5 Å². The summed E-state index contributed by atoms with van der Waals surface area (Å²) in [7, 11) is 0. The lowest BCUT2D eigenvalue weighted by Crippen LogP contribution is -2.10. The fraction of sp³-hybridized carbons (Fsp3) is 0.111. The summed E-state index contributed by atoms with van der Waals surface area (Å²) in [5.74, 6) is 0. The first-order valence-electron chi connectivity index (χ1n) is 12.7. The number of benzene rings is 6. The van der Waals surface area contributed by atoms with Gasteiger partial charge in [-0.25, -0.2) is 0 Å². The van der Waals surface area contributed by atoms with Crippen molar-refractivity contribution in [3.05, 3.63) is 133 Å². The van der Waals surface area contributed by atoms with Crippen LogP contribution in [0.3, 0.4) is 0 Å². The van der Waals surface area contributed by atoms with Crippen molar-refractivity contribution in [3.63, 3.8) is 0 Å². The van der Waals surface area contributed by atoms with Gasteiger partial charge in [0, 0.05) is 0 Å². The second kappa shape index (κ2) is 8.81. The van der Waals surface area contributed by atoms with E-state index in [-0.39, 0.29) is 5.41 Å². The Bertz CT molecular complexity index is 1570. The maximum atomic E-state index is 2.36. The van der Waals surface area contributed by atoms with Gasteiger partial charge in [0.05, 0.1) is 0 Å². The van der Waals surface area contributed by atoms with Crippen molar-refractivity contribution in [1.82, 2.24) is 0 Å². The van der Waals surface area contributed by atoms with E-state index in [2.05, 4.69) is 148 Å². The molecule has 6 aromatic rings. The van der Waals surface area contributed by atoms with Crippen LogP contribution in [0.25, 0.3) is 54.9 Å². The molecule has 0 spiro atoms. The standard InChI is InChI=1S/C36H30/c1-36(2,3)32-18-14-27(15-19-32)35-33-20-16-28(25-10-6-4-7-11-25)22-30(33)24-31-23-29(17-21-34(31)35)26-12-8-5-9-13-26/h4-24H,1-3H3. The van der Waals surface area contributed by atoms with Crippen molar-refractivity contribution in [1.29, 1.82) is 0 Å². The average molecular weight is 463 g/mol. The first-order valence-corrected chi connectivity index (χ1v) is 12.7. The average Bonchev–Trinajstić information content (AvgIpc) is 2.91. The molecule has 174 valence electrons. The van der Waals surface area contributed by atoms with Gasteiger partial charge in [0.2, 0.25) is 0 Å². The van der Waals surface area contributed by atoms with E-state index in [1.54, 1.807) is 0 Å². The molecule has 0 N–H and O–H groups in total. The van der Waals surface area contributed by atoms with Gasteiger partial charge in [0.15, 0.2) is 0 Å². The summed E-state index contributed by atoms with van der Waals surface area (Å²) < 4.78 is 0. The number of hydrogen-bond donors (Lipinski definition) is 0. The first kappa shape index (κ1) is 22.3. The summed E-state index contributed by atoms with van der Waals surface area (Å²) in [6.45, 7) is 6.81. The minimum Gasteiger partial charge on any atom is -0.0622 e. The summed E-state index contributed by atoms with van der Waals surface area (Å²) in [6, 6.07) is 46.6. The molecular weight excluding hydrogens is 432 g/mol. The van der Waals surface area contributed by atoms with Crippen molar-refractivity contribution in [2.75, 3.05) is 0 Å². The molecule has 0 nitrogen and oxygen atoms in total. The molecule has 0 heterocycles. The van der Waals surface area contributed by atoms with Gasteiger partial charge in [0.1, 0.15) is 0 Å². The van der Waals surface area contributed by atoms with Gasteiger partial charge in [-0.3, -0.25) is 0 Å². The largest absolute Gasteiger partial charge is 0.0622 e. The molecule has 0 saturated heterocycles. The molecule has 0 unspecified atom stereocenters. The Kier molecular flexibility index (Phi) is 5.46. The number of fused-ring (bicyclic) bond motifs is 2. The fourth-order valence-electron chi connectivity index (χ4n) is 5.20. The van der Waals surface area contributed by atoms with Gasteiger partial charge >= 0.3 is 0 Å². The highest BCUT2D eigenvalue weighted by Crippen LogP contribution is 2.40. The lowest BCUT2D eigenvalue weighted by atomic mass is 9.85. The van der Waals surface area contributed by atoms with Crippen molar-refractivity contribution in [3.8, 4) is 33.4 Å². The Morgan fingerprint density at radius 1 is 0.389 bits per heavy atom. The molecule has 0 amide bonds. The Labute approximate surface area is 213 Å². The number of hydrogen-bond acceptors (Lipinski definition) is 0. The molecule has 36 heavy (non-hydrogen) atoms. The van der Waals surface area contributed by atoms with Crippen molar-refractivity contribution in [2.45, 2.75) is 26.2 Å². The second-order valence-electron chi connectivity index (χ2n) is 10.7. The minimum absolute atomic E-state index is 0.133. The van der Waals surface area contributed by atoms with Gasteiger partial charge in [-0.1, -0.05) is 130 Å². The highest BCUT2D eigenvalue weighted by molar-refractivity contribution is 6.14. The summed E-state index contributed by atoms with van der Waals surface area (Å²) in [4.78, 5) is 0. The highest BCUT2D eigenvalue weighted by Gasteiger charge is 2.16. The van der Waals surface area contributed by atoms with Crippen molar-refractivity contribution < 1.29 is 0 Å². The van der Waals surface area contributed by atoms with Gasteiger partial charge in [0.25, 0.3) is 0 Å². The Morgan fingerprint density at radius 3 is 1.28 bits per heavy atom. The maximum absolute atomic E-state index is 2.36. The van der Waals surface area contributed by atoms with E-state index in [9.17, 15) is 0 Å². The Balaban J connectivity index is 1.61. The molecule has 6 aromatic carbocycles. The number of rotatable bonds is 3. The monoisotopic (exact) mass is 462 g/mol. The van der Waals surface area contributed by atoms with E-state index < -0.39 is 0 Å². The second-order valence-corrected chi connectivity index (χ2v) is 10.7. The SMILES string of the molecule is CC(C)(C)c1ccc(-c2c3ccc(-c4ccccc4)cc3cc3cc(-c4ccccc4)ccc23)cc1. The summed E-state index contributed by atoms with van der Waals surface area (Å²) in [6.07, 6.45) is 0. The molecule has 0 atom stereocenters. The van der Waals surface area contributed by atoms with Gasteiger partial charge in [-0.05, 0) is 84.1 Å². The van der Waals surface area contributed by atoms with Crippen LogP contribution in [0.15, 0.2) is 127 Å². The van der Waals surface area contributed by atoms with Crippen LogP contribution < -0.4 is 0 Å². The van der Waals surface area contributed by atoms with Crippen LogP contribution in [-0.2, 0) is 5.41 Å². The third kappa shape index (κ3) is 4.10. The van der Waals surface area contributed by atoms with Crippen LogP contribution >= 0.6 is 0 Å². The van der Waals surface area contributed by atoms with Gasteiger partial charge in [-0.2, -0.15) is 0 Å². The van der Waals surface area contributed by atoms with E-state index in [1.165, 1.54) is 60.5 Å². The van der Waals surface area contributed by atoms with Crippen LogP contribution in [0.4, 0.5) is 0 Å². The van der Waals surface area contributed by atoms with Crippen LogP contribution in [0.1, 0.15) is 26.3 Å². The van der Waals surface area contributed by atoms with Crippen LogP contribution in [0, 0.1) is 0 Å². The summed E-state index contributed by atoms with van der Waals surface area (Å²) >= 11 is 0. The Hall–Kier alpha value is -4.16. The van der Waals surface area contributed by atoms with Gasteiger partial charge in [-0.15, -0.1) is 0 Å². The van der Waals surface area contributed by atoms with Crippen molar-refractivity contribution in [2.24, 2.45) is 0 Å². The zero-order chi connectivity index (χ0) is 24.7. The predicted octanol–water partition coefficient (Wildman–Crippen LogP) is 10.3. The van der Waals surface area contributed by atoms with Gasteiger partial charge < -0.3 is 0 Å². The summed E-state index contributed by atoms with van der Waals surface area (Å²) in [5, 5.41) is 5.12. The van der Waals surface area contributed by atoms with Crippen LogP contribution in [-0.4, -0.2) is 0 Å². The van der Waals surface area contributed by atoms with E-state index in [0.29, 0.717) is 0 Å². The minimum atomic E-state index is 0.133. The molecule has 0 fully saturated rings. The zero-order valence-corrected chi connectivity index (χ0v) is 21.1. The molecule has 0 bridgehead atoms. The zero-order valence-electron chi connectivity index (χ0n) is 21.1. The molecule has 0 aliphatic rings. The molecule has 0 radical (unpaired) electrons. The van der Waals surface area contributed by atoms with E-state index in [0.717, 1.165) is 0 Å². The summed E-state index contributed by atoms with van der Waals surface area (Å²) in [5.41, 5.74) is 9.04. The predicted molar refractivity (Wildman–Crippen MR) is 156 cm³/mol. The van der Waals surface area contributed by atoms with E-state index in [4.69, 9.17) is 0 Å². The lowest BCUT2D eigenvalue weighted by molar-refractivity contribution is 0.590.